The predicted molar refractivity (Wildman–Crippen MR) is 268 cm³/mol. The first-order valence-electron chi connectivity index (χ1n) is 22.3. The molecule has 0 atom stereocenters. The maximum absolute atomic E-state index is 7.25. The molecule has 65 heavy (non-hydrogen) atoms. The molecule has 0 N–H and O–H groups in total. The lowest BCUT2D eigenvalue weighted by molar-refractivity contribution is 0.481. The van der Waals surface area contributed by atoms with E-state index in [1.54, 1.807) is 0 Å². The average Bonchev–Trinajstić information content (AvgIpc) is 3.87. The van der Waals surface area contributed by atoms with Gasteiger partial charge in [0.2, 0.25) is 0 Å². The molecule has 0 amide bonds. The number of para-hydroxylation sites is 3. The van der Waals surface area contributed by atoms with E-state index in [9.17, 15) is 0 Å². The van der Waals surface area contributed by atoms with E-state index >= 15 is 0 Å². The fraction of sp³-hybridized carbons (Fsp3) is 0.0164. The average molecular weight is 832 g/mol. The quantitative estimate of drug-likeness (QED) is 0.160. The molecule has 0 saturated carbocycles. The van der Waals surface area contributed by atoms with Crippen LogP contribution in [0, 0.1) is 0 Å². The fourth-order valence-electron chi connectivity index (χ4n) is 10.6. The molecule has 0 radical (unpaired) electrons. The molecule has 11 aromatic rings. The highest BCUT2D eigenvalue weighted by Gasteiger charge is 2.46. The van der Waals surface area contributed by atoms with Gasteiger partial charge in [-0.25, -0.2) is 0 Å². The molecule has 0 bridgehead atoms. The molecule has 2 aliphatic rings. The molecule has 1 aromatic heterocycles. The highest BCUT2D eigenvalue weighted by Crippen LogP contribution is 2.59. The van der Waals surface area contributed by atoms with Crippen molar-refractivity contribution in [3.8, 4) is 28.3 Å². The highest BCUT2D eigenvalue weighted by atomic mass is 16.5. The van der Waals surface area contributed by atoms with Crippen LogP contribution in [0.1, 0.15) is 22.3 Å². The van der Waals surface area contributed by atoms with Gasteiger partial charge >= 0.3 is 0 Å². The number of fused-ring (bicyclic) bond motifs is 8. The Morgan fingerprint density at radius 2 is 0.954 bits per heavy atom. The van der Waals surface area contributed by atoms with Gasteiger partial charge in [0.05, 0.1) is 16.6 Å². The van der Waals surface area contributed by atoms with Crippen LogP contribution in [-0.4, -0.2) is 4.57 Å². The second kappa shape index (κ2) is 14.8. The number of hydrogen-bond donors (Lipinski definition) is 0. The molecule has 0 saturated heterocycles. The Hall–Kier alpha value is -8.60. The monoisotopic (exact) mass is 831 g/mol. The first-order valence-corrected chi connectivity index (χ1v) is 22.3. The Morgan fingerprint density at radius 3 is 1.71 bits per heavy atom. The molecular weight excluding hydrogens is 791 g/mol. The van der Waals surface area contributed by atoms with E-state index in [4.69, 9.17) is 4.74 Å². The Balaban J connectivity index is 1.05. The van der Waals surface area contributed by atoms with Crippen molar-refractivity contribution >= 4 is 55.9 Å². The van der Waals surface area contributed by atoms with Gasteiger partial charge in [0.25, 0.3) is 0 Å². The van der Waals surface area contributed by atoms with E-state index in [-0.39, 0.29) is 0 Å². The summed E-state index contributed by atoms with van der Waals surface area (Å²) in [5.41, 5.74) is 14.2. The van der Waals surface area contributed by atoms with Crippen molar-refractivity contribution in [2.75, 3.05) is 9.80 Å². The van der Waals surface area contributed by atoms with E-state index in [1.165, 1.54) is 44.2 Å². The summed E-state index contributed by atoms with van der Waals surface area (Å²) >= 11 is 0. The molecule has 1 aliphatic heterocycles. The van der Waals surface area contributed by atoms with Crippen molar-refractivity contribution < 1.29 is 4.74 Å². The van der Waals surface area contributed by atoms with E-state index < -0.39 is 5.41 Å². The smallest absolute Gasteiger partial charge is 0.178 e. The van der Waals surface area contributed by atoms with Crippen LogP contribution >= 0.6 is 0 Å². The normalized spacial score (nSPS) is 13.1. The zero-order chi connectivity index (χ0) is 42.9. The third kappa shape index (κ3) is 5.64. The first-order chi connectivity index (χ1) is 32.3. The molecule has 4 heteroatoms. The van der Waals surface area contributed by atoms with Crippen molar-refractivity contribution in [3.05, 3.63) is 271 Å². The standard InChI is InChI=1S/C61H41N3O/c1-5-21-44(22-6-1)61(45-23-7-2-8-24-45)54-31-17-15-29-51(54)52-37-35-49(40-55(52)61)62(48-34-33-42-19-13-14-20-43(42)39-48)50-36-38-57-58(41-50)65-59-53-30-16-18-32-56(53)63(46-25-9-3-10-26-46)60(59)64(57)47-27-11-4-12-28-47/h1-41H. The minimum absolute atomic E-state index is 0.544. The Bertz CT molecular complexity index is 3540. The van der Waals surface area contributed by atoms with Gasteiger partial charge in [-0.3, -0.25) is 9.47 Å². The van der Waals surface area contributed by atoms with Crippen LogP contribution in [0.25, 0.3) is 38.5 Å². The van der Waals surface area contributed by atoms with Gasteiger partial charge in [0.1, 0.15) is 0 Å². The lowest BCUT2D eigenvalue weighted by Gasteiger charge is -2.35. The van der Waals surface area contributed by atoms with Crippen molar-refractivity contribution in [3.63, 3.8) is 0 Å². The summed E-state index contributed by atoms with van der Waals surface area (Å²) in [4.78, 5) is 4.75. The molecule has 13 rings (SSSR count). The van der Waals surface area contributed by atoms with Gasteiger partial charge in [-0.2, -0.15) is 0 Å². The van der Waals surface area contributed by atoms with Crippen LogP contribution < -0.4 is 14.5 Å². The second-order valence-electron chi connectivity index (χ2n) is 16.9. The van der Waals surface area contributed by atoms with Gasteiger partial charge in [0.15, 0.2) is 17.3 Å². The topological polar surface area (TPSA) is 20.6 Å². The molecular formula is C61H41N3O. The van der Waals surface area contributed by atoms with Crippen LogP contribution in [0.4, 0.5) is 34.3 Å². The SMILES string of the molecule is c1ccc(N2c3ccc(N(c4ccc5c(c4)C(c4ccccc4)(c4ccccc4)c4ccccc4-5)c4ccc5ccccc5c4)cc3Oc3c2n(-c2ccccc2)c2ccccc32)cc1. The Labute approximate surface area is 378 Å². The molecule has 0 fully saturated rings. The van der Waals surface area contributed by atoms with Crippen LogP contribution in [0.5, 0.6) is 11.5 Å². The van der Waals surface area contributed by atoms with E-state index in [2.05, 4.69) is 263 Å². The highest BCUT2D eigenvalue weighted by molar-refractivity contribution is 6.02. The summed E-state index contributed by atoms with van der Waals surface area (Å²) in [7, 11) is 0. The number of nitrogens with zero attached hydrogens (tertiary/aromatic N) is 3. The lowest BCUT2D eigenvalue weighted by atomic mass is 9.67. The summed E-state index contributed by atoms with van der Waals surface area (Å²) in [6.07, 6.45) is 0. The van der Waals surface area contributed by atoms with Gasteiger partial charge in [0, 0.05) is 39.9 Å². The van der Waals surface area contributed by atoms with Gasteiger partial charge in [-0.15, -0.1) is 0 Å². The van der Waals surface area contributed by atoms with Gasteiger partial charge < -0.3 is 9.64 Å². The summed E-state index contributed by atoms with van der Waals surface area (Å²) in [5.74, 6) is 2.56. The molecule has 4 nitrogen and oxygen atoms in total. The summed E-state index contributed by atoms with van der Waals surface area (Å²) < 4.78 is 9.58. The molecule has 306 valence electrons. The third-order valence-electron chi connectivity index (χ3n) is 13.4. The number of anilines is 6. The van der Waals surface area contributed by atoms with Gasteiger partial charge in [-0.05, 0) is 117 Å². The Kier molecular flexibility index (Phi) is 8.40. The third-order valence-corrected chi connectivity index (χ3v) is 13.4. The summed E-state index contributed by atoms with van der Waals surface area (Å²) in [6.45, 7) is 0. The lowest BCUT2D eigenvalue weighted by Crippen LogP contribution is -2.28. The largest absolute Gasteiger partial charge is 0.450 e. The number of ether oxygens (including phenoxy) is 1. The van der Waals surface area contributed by atoms with Crippen LogP contribution in [0.15, 0.2) is 249 Å². The number of hydrogen-bond acceptors (Lipinski definition) is 3. The second-order valence-corrected chi connectivity index (χ2v) is 16.9. The van der Waals surface area contributed by atoms with Crippen molar-refractivity contribution in [1.29, 1.82) is 0 Å². The molecule has 2 heterocycles. The van der Waals surface area contributed by atoms with Crippen molar-refractivity contribution in [2.45, 2.75) is 5.41 Å². The van der Waals surface area contributed by atoms with E-state index in [0.29, 0.717) is 0 Å². The molecule has 1 aliphatic carbocycles. The zero-order valence-electron chi connectivity index (χ0n) is 35.4. The fourth-order valence-corrected chi connectivity index (χ4v) is 10.6. The predicted octanol–water partition coefficient (Wildman–Crippen LogP) is 16.2. The van der Waals surface area contributed by atoms with Crippen LogP contribution in [0.3, 0.4) is 0 Å². The maximum atomic E-state index is 7.25. The first kappa shape index (κ1) is 37.0. The Morgan fingerprint density at radius 1 is 0.400 bits per heavy atom. The number of benzene rings is 10. The van der Waals surface area contributed by atoms with Crippen molar-refractivity contribution in [2.24, 2.45) is 0 Å². The van der Waals surface area contributed by atoms with Gasteiger partial charge in [-0.1, -0.05) is 170 Å². The maximum Gasteiger partial charge on any atom is 0.178 e. The molecule has 10 aromatic carbocycles. The van der Waals surface area contributed by atoms with Crippen LogP contribution in [-0.2, 0) is 5.41 Å². The summed E-state index contributed by atoms with van der Waals surface area (Å²) in [5, 5.41) is 3.42. The number of rotatable bonds is 7. The zero-order valence-corrected chi connectivity index (χ0v) is 35.4. The van der Waals surface area contributed by atoms with Crippen LogP contribution in [0.2, 0.25) is 0 Å². The molecule has 0 spiro atoms. The minimum Gasteiger partial charge on any atom is -0.450 e. The van der Waals surface area contributed by atoms with Crippen molar-refractivity contribution in [1.82, 2.24) is 4.57 Å². The number of aromatic nitrogens is 1. The van der Waals surface area contributed by atoms with E-state index in [0.717, 1.165) is 62.3 Å². The van der Waals surface area contributed by atoms with E-state index in [1.807, 2.05) is 0 Å². The minimum atomic E-state index is -0.544. The summed E-state index contributed by atoms with van der Waals surface area (Å²) in [6, 6.07) is 89.9. The molecule has 0 unspecified atom stereocenters.